The normalized spacial score (nSPS) is 11.2. The molecule has 0 saturated carbocycles. The molecule has 1 heterocycles. The number of carbonyl (C=O) groups is 1. The number of nitrogens with one attached hydrogen (secondary N) is 1. The lowest BCUT2D eigenvalue weighted by Gasteiger charge is -2.08. The van der Waals surface area contributed by atoms with E-state index in [2.05, 4.69) is 19.2 Å². The van der Waals surface area contributed by atoms with Crippen LogP contribution in [0.3, 0.4) is 0 Å². The maximum absolute atomic E-state index is 12.0. The molecule has 5 heteroatoms. The van der Waals surface area contributed by atoms with E-state index in [4.69, 9.17) is 9.15 Å². The van der Waals surface area contributed by atoms with Gasteiger partial charge < -0.3 is 14.5 Å². The van der Waals surface area contributed by atoms with Crippen LogP contribution in [0.15, 0.2) is 52.7 Å². The van der Waals surface area contributed by atoms with E-state index >= 15 is 0 Å². The molecular weight excluding hydrogens is 304 g/mol. The Labute approximate surface area is 141 Å². The Bertz CT molecular complexity index is 723. The van der Waals surface area contributed by atoms with Gasteiger partial charge in [0.05, 0.1) is 19.4 Å². The Morgan fingerprint density at radius 1 is 1.33 bits per heavy atom. The fourth-order valence-electron chi connectivity index (χ4n) is 1.91. The highest BCUT2D eigenvalue weighted by Crippen LogP contribution is 2.15. The zero-order chi connectivity index (χ0) is 17.4. The van der Waals surface area contributed by atoms with Crippen LogP contribution in [0.2, 0.25) is 0 Å². The van der Waals surface area contributed by atoms with E-state index in [0.29, 0.717) is 18.3 Å². The first-order chi connectivity index (χ1) is 11.6. The number of carbonyl (C=O) groups excluding carboxylic acids is 1. The molecule has 2 aromatic rings. The summed E-state index contributed by atoms with van der Waals surface area (Å²) >= 11 is 0. The molecule has 1 amide bonds. The van der Waals surface area contributed by atoms with Crippen molar-refractivity contribution in [3.63, 3.8) is 0 Å². The van der Waals surface area contributed by atoms with Gasteiger partial charge in [-0.2, -0.15) is 5.26 Å². The lowest BCUT2D eigenvalue weighted by molar-refractivity contribution is -0.117. The predicted molar refractivity (Wildman–Crippen MR) is 90.9 cm³/mol. The van der Waals surface area contributed by atoms with Crippen molar-refractivity contribution in [2.24, 2.45) is 5.92 Å². The fourth-order valence-corrected chi connectivity index (χ4v) is 1.91. The topological polar surface area (TPSA) is 75.3 Å². The summed E-state index contributed by atoms with van der Waals surface area (Å²) in [5.74, 6) is 1.41. The first-order valence-electron chi connectivity index (χ1n) is 7.73. The third kappa shape index (κ3) is 5.33. The highest BCUT2D eigenvalue weighted by molar-refractivity contribution is 6.01. The van der Waals surface area contributed by atoms with Gasteiger partial charge in [0.15, 0.2) is 0 Å². The number of amides is 1. The van der Waals surface area contributed by atoms with Crippen LogP contribution in [0.25, 0.3) is 6.08 Å². The molecule has 1 N–H and O–H groups in total. The largest absolute Gasteiger partial charge is 0.493 e. The zero-order valence-corrected chi connectivity index (χ0v) is 13.8. The lowest BCUT2D eigenvalue weighted by atomic mass is 10.1. The molecule has 0 saturated heterocycles. The van der Waals surface area contributed by atoms with Gasteiger partial charge in [0.2, 0.25) is 0 Å². The minimum atomic E-state index is -0.436. The van der Waals surface area contributed by atoms with E-state index in [1.54, 1.807) is 18.2 Å². The summed E-state index contributed by atoms with van der Waals surface area (Å²) in [4.78, 5) is 12.0. The molecule has 0 bridgehead atoms. The Morgan fingerprint density at radius 3 is 2.67 bits per heavy atom. The molecule has 24 heavy (non-hydrogen) atoms. The number of ether oxygens (including phenoxy) is 1. The van der Waals surface area contributed by atoms with Gasteiger partial charge in [-0.05, 0) is 41.8 Å². The van der Waals surface area contributed by atoms with Crippen LogP contribution in [0.1, 0.15) is 25.2 Å². The molecule has 5 nitrogen and oxygen atoms in total. The summed E-state index contributed by atoms with van der Waals surface area (Å²) in [6.45, 7) is 5.05. The first kappa shape index (κ1) is 17.4. The Hall–Kier alpha value is -3.00. The second-order valence-corrected chi connectivity index (χ2v) is 5.71. The van der Waals surface area contributed by atoms with Gasteiger partial charge in [0, 0.05) is 0 Å². The molecule has 0 radical (unpaired) electrons. The monoisotopic (exact) mass is 324 g/mol. The average Bonchev–Trinajstić information content (AvgIpc) is 3.10. The van der Waals surface area contributed by atoms with E-state index in [1.165, 1.54) is 6.26 Å². The Morgan fingerprint density at radius 2 is 2.08 bits per heavy atom. The highest BCUT2D eigenvalue weighted by Gasteiger charge is 2.09. The van der Waals surface area contributed by atoms with Gasteiger partial charge in [-0.1, -0.05) is 26.0 Å². The number of hydrogen-bond donors (Lipinski definition) is 1. The number of nitrogens with zero attached hydrogens (tertiary/aromatic N) is 1. The molecule has 0 spiro atoms. The third-order valence-electron chi connectivity index (χ3n) is 3.14. The van der Waals surface area contributed by atoms with Gasteiger partial charge >= 0.3 is 0 Å². The number of hydrogen-bond acceptors (Lipinski definition) is 4. The molecule has 1 aromatic carbocycles. The summed E-state index contributed by atoms with van der Waals surface area (Å²) < 4.78 is 10.7. The summed E-state index contributed by atoms with van der Waals surface area (Å²) in [7, 11) is 0. The Kier molecular flexibility index (Phi) is 6.21. The standard InChI is InChI=1S/C19H20N2O3/c1-14(2)13-24-17-7-5-15(6-8-17)10-16(11-20)19(22)21-12-18-4-3-9-23-18/h3-10,14H,12-13H2,1-2H3,(H,21,22)/b16-10+. The van der Waals surface area contributed by atoms with Gasteiger partial charge in [-0.15, -0.1) is 0 Å². The second-order valence-electron chi connectivity index (χ2n) is 5.71. The number of benzene rings is 1. The summed E-state index contributed by atoms with van der Waals surface area (Å²) in [5.41, 5.74) is 0.800. The molecule has 0 aliphatic rings. The van der Waals surface area contributed by atoms with Crippen molar-refractivity contribution in [3.05, 3.63) is 59.6 Å². The van der Waals surface area contributed by atoms with Crippen LogP contribution in [0.4, 0.5) is 0 Å². The zero-order valence-electron chi connectivity index (χ0n) is 13.8. The fraction of sp³-hybridized carbons (Fsp3) is 0.263. The van der Waals surface area contributed by atoms with Crippen molar-refractivity contribution in [1.29, 1.82) is 5.26 Å². The predicted octanol–water partition coefficient (Wildman–Crippen LogP) is 3.54. The van der Waals surface area contributed by atoms with Gasteiger partial charge in [0.1, 0.15) is 23.2 Å². The average molecular weight is 324 g/mol. The minimum absolute atomic E-state index is 0.0393. The van der Waals surface area contributed by atoms with Crippen molar-refractivity contribution in [1.82, 2.24) is 5.32 Å². The minimum Gasteiger partial charge on any atom is -0.493 e. The molecule has 0 fully saturated rings. The van der Waals surface area contributed by atoms with E-state index in [-0.39, 0.29) is 12.1 Å². The molecule has 2 rings (SSSR count). The van der Waals surface area contributed by atoms with E-state index in [0.717, 1.165) is 11.3 Å². The Balaban J connectivity index is 1.98. The van der Waals surface area contributed by atoms with Crippen molar-refractivity contribution < 1.29 is 13.9 Å². The van der Waals surface area contributed by atoms with Crippen LogP contribution >= 0.6 is 0 Å². The first-order valence-corrected chi connectivity index (χ1v) is 7.73. The van der Waals surface area contributed by atoms with Gasteiger partial charge in [-0.25, -0.2) is 0 Å². The van der Waals surface area contributed by atoms with Crippen LogP contribution in [-0.2, 0) is 11.3 Å². The number of rotatable bonds is 7. The van der Waals surface area contributed by atoms with Crippen LogP contribution in [-0.4, -0.2) is 12.5 Å². The molecule has 0 atom stereocenters. The molecular formula is C19H20N2O3. The summed E-state index contributed by atoms with van der Waals surface area (Å²) in [6.07, 6.45) is 3.08. The van der Waals surface area contributed by atoms with Crippen LogP contribution in [0, 0.1) is 17.2 Å². The number of nitriles is 1. The molecule has 124 valence electrons. The van der Waals surface area contributed by atoms with Gasteiger partial charge in [0.25, 0.3) is 5.91 Å². The number of furan rings is 1. The quantitative estimate of drug-likeness (QED) is 0.624. The molecule has 1 aromatic heterocycles. The van der Waals surface area contributed by atoms with Crippen LogP contribution < -0.4 is 10.1 Å². The van der Waals surface area contributed by atoms with Crippen molar-refractivity contribution in [2.45, 2.75) is 20.4 Å². The maximum Gasteiger partial charge on any atom is 0.262 e. The maximum atomic E-state index is 12.0. The van der Waals surface area contributed by atoms with E-state index < -0.39 is 5.91 Å². The third-order valence-corrected chi connectivity index (χ3v) is 3.14. The van der Waals surface area contributed by atoms with Gasteiger partial charge in [-0.3, -0.25) is 4.79 Å². The molecule has 0 aliphatic carbocycles. The van der Waals surface area contributed by atoms with Crippen LogP contribution in [0.5, 0.6) is 5.75 Å². The smallest absolute Gasteiger partial charge is 0.262 e. The molecule has 0 unspecified atom stereocenters. The van der Waals surface area contributed by atoms with Crippen molar-refractivity contribution in [2.75, 3.05) is 6.61 Å². The van der Waals surface area contributed by atoms with E-state index in [9.17, 15) is 10.1 Å². The highest BCUT2D eigenvalue weighted by atomic mass is 16.5. The summed E-state index contributed by atoms with van der Waals surface area (Å²) in [5, 5.41) is 11.8. The van der Waals surface area contributed by atoms with Crippen molar-refractivity contribution in [3.8, 4) is 11.8 Å². The summed E-state index contributed by atoms with van der Waals surface area (Å²) in [6, 6.07) is 12.7. The lowest BCUT2D eigenvalue weighted by Crippen LogP contribution is -2.23. The molecule has 0 aliphatic heterocycles. The van der Waals surface area contributed by atoms with E-state index in [1.807, 2.05) is 30.3 Å². The second kappa shape index (κ2) is 8.59. The van der Waals surface area contributed by atoms with Crippen molar-refractivity contribution >= 4 is 12.0 Å². The SMILES string of the molecule is CC(C)COc1ccc(/C=C(\C#N)C(=O)NCc2ccco2)cc1.